The topological polar surface area (TPSA) is 66.8 Å². The molecule has 1 aromatic carbocycles. The fraction of sp³-hybridized carbons (Fsp3) is 0.364. The van der Waals surface area contributed by atoms with Crippen molar-refractivity contribution in [2.24, 2.45) is 0 Å². The molecule has 0 saturated carbocycles. The van der Waals surface area contributed by atoms with Crippen molar-refractivity contribution in [1.82, 2.24) is 0 Å². The highest BCUT2D eigenvalue weighted by Gasteiger charge is 2.15. The molecule has 1 atom stereocenters. The van der Waals surface area contributed by atoms with Crippen LogP contribution in [0.4, 0.5) is 0 Å². The van der Waals surface area contributed by atoms with Crippen LogP contribution in [0.3, 0.4) is 0 Å². The number of carboxylic acid groups (broad SMARTS) is 1. The van der Waals surface area contributed by atoms with Crippen molar-refractivity contribution in [3.8, 4) is 5.75 Å². The molecule has 0 aromatic heterocycles. The molecular formula is C11H14O4. The normalized spacial score (nSPS) is 12.5. The molecule has 1 rings (SSSR count). The molecule has 0 fully saturated rings. The number of hydrogen-bond donors (Lipinski definition) is 2. The standard InChI is InChI=1S/C11H14O4/c1-7(2)15-9-5-3-8(4-6-9)10(12)11(13)14/h3-7,10,12H,1-2H3,(H,13,14). The molecule has 0 saturated heterocycles. The van der Waals surface area contributed by atoms with Crippen LogP contribution in [-0.2, 0) is 4.79 Å². The number of aliphatic carboxylic acids is 1. The molecule has 0 amide bonds. The molecule has 1 unspecified atom stereocenters. The number of hydrogen-bond acceptors (Lipinski definition) is 3. The van der Waals surface area contributed by atoms with Crippen LogP contribution in [0, 0.1) is 0 Å². The fourth-order valence-electron chi connectivity index (χ4n) is 1.14. The quantitative estimate of drug-likeness (QED) is 0.792. The van der Waals surface area contributed by atoms with E-state index in [4.69, 9.17) is 9.84 Å². The largest absolute Gasteiger partial charge is 0.491 e. The summed E-state index contributed by atoms with van der Waals surface area (Å²) in [6.45, 7) is 3.81. The molecule has 1 aromatic rings. The van der Waals surface area contributed by atoms with Crippen molar-refractivity contribution in [3.05, 3.63) is 29.8 Å². The van der Waals surface area contributed by atoms with Gasteiger partial charge in [0.25, 0.3) is 0 Å². The van der Waals surface area contributed by atoms with Crippen LogP contribution >= 0.6 is 0 Å². The third-order valence-corrected chi connectivity index (χ3v) is 1.80. The molecule has 4 heteroatoms. The van der Waals surface area contributed by atoms with Gasteiger partial charge in [0, 0.05) is 0 Å². The van der Waals surface area contributed by atoms with Gasteiger partial charge in [-0.2, -0.15) is 0 Å². The van der Waals surface area contributed by atoms with Gasteiger partial charge in [-0.25, -0.2) is 4.79 Å². The molecular weight excluding hydrogens is 196 g/mol. The predicted molar refractivity (Wildman–Crippen MR) is 54.8 cm³/mol. The van der Waals surface area contributed by atoms with Crippen molar-refractivity contribution in [1.29, 1.82) is 0 Å². The Hall–Kier alpha value is -1.55. The maximum atomic E-state index is 10.5. The van der Waals surface area contributed by atoms with Crippen molar-refractivity contribution < 1.29 is 19.7 Å². The van der Waals surface area contributed by atoms with E-state index in [1.54, 1.807) is 12.1 Å². The zero-order valence-corrected chi connectivity index (χ0v) is 8.68. The highest BCUT2D eigenvalue weighted by Crippen LogP contribution is 2.18. The van der Waals surface area contributed by atoms with Crippen LogP contribution in [0.25, 0.3) is 0 Å². The Morgan fingerprint density at radius 3 is 2.20 bits per heavy atom. The highest BCUT2D eigenvalue weighted by molar-refractivity contribution is 5.74. The molecule has 0 aliphatic carbocycles. The minimum Gasteiger partial charge on any atom is -0.491 e. The second-order valence-corrected chi connectivity index (χ2v) is 3.48. The Labute approximate surface area is 88.1 Å². The van der Waals surface area contributed by atoms with Crippen LogP contribution in [-0.4, -0.2) is 22.3 Å². The van der Waals surface area contributed by atoms with Crippen LogP contribution < -0.4 is 4.74 Å². The van der Waals surface area contributed by atoms with Gasteiger partial charge in [-0.15, -0.1) is 0 Å². The second-order valence-electron chi connectivity index (χ2n) is 3.48. The van der Waals surface area contributed by atoms with Crippen molar-refractivity contribution >= 4 is 5.97 Å². The van der Waals surface area contributed by atoms with E-state index in [1.165, 1.54) is 12.1 Å². The summed E-state index contributed by atoms with van der Waals surface area (Å²) in [6, 6.07) is 6.36. The van der Waals surface area contributed by atoms with Gasteiger partial charge < -0.3 is 14.9 Å². The number of aliphatic hydroxyl groups is 1. The third kappa shape index (κ3) is 3.25. The first-order valence-corrected chi connectivity index (χ1v) is 4.68. The Morgan fingerprint density at radius 1 is 1.27 bits per heavy atom. The molecule has 82 valence electrons. The lowest BCUT2D eigenvalue weighted by atomic mass is 10.1. The van der Waals surface area contributed by atoms with E-state index in [0.29, 0.717) is 11.3 Å². The van der Waals surface area contributed by atoms with Crippen molar-refractivity contribution in [2.45, 2.75) is 26.1 Å². The Morgan fingerprint density at radius 2 is 1.80 bits per heavy atom. The summed E-state index contributed by atoms with van der Waals surface area (Å²) in [7, 11) is 0. The number of carbonyl (C=O) groups is 1. The summed E-state index contributed by atoms with van der Waals surface area (Å²) in [4.78, 5) is 10.5. The van der Waals surface area contributed by atoms with Crippen LogP contribution in [0.1, 0.15) is 25.5 Å². The number of carboxylic acids is 1. The summed E-state index contributed by atoms with van der Waals surface area (Å²) >= 11 is 0. The summed E-state index contributed by atoms with van der Waals surface area (Å²) in [6.07, 6.45) is -1.40. The first-order valence-electron chi connectivity index (χ1n) is 4.68. The Bertz CT molecular complexity index is 329. The van der Waals surface area contributed by atoms with Crippen molar-refractivity contribution in [3.63, 3.8) is 0 Å². The Kier molecular flexibility index (Phi) is 3.68. The molecule has 0 radical (unpaired) electrons. The van der Waals surface area contributed by atoms with Crippen LogP contribution in [0.2, 0.25) is 0 Å². The van der Waals surface area contributed by atoms with Gasteiger partial charge in [0.05, 0.1) is 6.10 Å². The summed E-state index contributed by atoms with van der Waals surface area (Å²) in [5.41, 5.74) is 0.346. The molecule has 2 N–H and O–H groups in total. The van der Waals surface area contributed by atoms with Gasteiger partial charge in [-0.1, -0.05) is 12.1 Å². The number of ether oxygens (including phenoxy) is 1. The number of benzene rings is 1. The van der Waals surface area contributed by atoms with Crippen molar-refractivity contribution in [2.75, 3.05) is 0 Å². The number of rotatable bonds is 4. The zero-order chi connectivity index (χ0) is 11.4. The summed E-state index contributed by atoms with van der Waals surface area (Å²) < 4.78 is 5.38. The molecule has 0 aliphatic heterocycles. The average molecular weight is 210 g/mol. The first-order chi connectivity index (χ1) is 7.00. The maximum Gasteiger partial charge on any atom is 0.337 e. The molecule has 0 bridgehead atoms. The fourth-order valence-corrected chi connectivity index (χ4v) is 1.14. The van der Waals surface area contributed by atoms with E-state index in [9.17, 15) is 9.90 Å². The molecule has 0 spiro atoms. The minimum absolute atomic E-state index is 0.0697. The Balaban J connectivity index is 2.76. The molecule has 4 nitrogen and oxygen atoms in total. The first kappa shape index (κ1) is 11.5. The molecule has 0 aliphatic rings. The highest BCUT2D eigenvalue weighted by atomic mass is 16.5. The van der Waals surface area contributed by atoms with Gasteiger partial charge in [-0.3, -0.25) is 0 Å². The van der Waals surface area contributed by atoms with Gasteiger partial charge in [-0.05, 0) is 31.5 Å². The zero-order valence-electron chi connectivity index (χ0n) is 8.68. The van der Waals surface area contributed by atoms with E-state index in [0.717, 1.165) is 0 Å². The lowest BCUT2D eigenvalue weighted by molar-refractivity contribution is -0.146. The number of aliphatic hydroxyl groups excluding tert-OH is 1. The molecule has 15 heavy (non-hydrogen) atoms. The van der Waals surface area contributed by atoms with E-state index in [2.05, 4.69) is 0 Å². The van der Waals surface area contributed by atoms with Gasteiger partial charge in [0.1, 0.15) is 5.75 Å². The lowest BCUT2D eigenvalue weighted by Crippen LogP contribution is -2.10. The van der Waals surface area contributed by atoms with E-state index >= 15 is 0 Å². The van der Waals surface area contributed by atoms with E-state index in [1.807, 2.05) is 13.8 Å². The average Bonchev–Trinajstić information content (AvgIpc) is 2.17. The van der Waals surface area contributed by atoms with Crippen LogP contribution in [0.5, 0.6) is 5.75 Å². The smallest absolute Gasteiger partial charge is 0.337 e. The van der Waals surface area contributed by atoms with E-state index < -0.39 is 12.1 Å². The summed E-state index contributed by atoms with van der Waals surface area (Å²) in [5, 5.41) is 17.8. The lowest BCUT2D eigenvalue weighted by Gasteiger charge is -2.11. The van der Waals surface area contributed by atoms with Gasteiger partial charge >= 0.3 is 5.97 Å². The second kappa shape index (κ2) is 4.79. The monoisotopic (exact) mass is 210 g/mol. The third-order valence-electron chi connectivity index (χ3n) is 1.80. The molecule has 0 heterocycles. The maximum absolute atomic E-state index is 10.5. The predicted octanol–water partition coefficient (Wildman–Crippen LogP) is 1.59. The van der Waals surface area contributed by atoms with Gasteiger partial charge in [0.2, 0.25) is 0 Å². The minimum atomic E-state index is -1.47. The van der Waals surface area contributed by atoms with Gasteiger partial charge in [0.15, 0.2) is 6.10 Å². The SMILES string of the molecule is CC(C)Oc1ccc(C(O)C(=O)O)cc1. The van der Waals surface area contributed by atoms with Crippen LogP contribution in [0.15, 0.2) is 24.3 Å². The summed E-state index contributed by atoms with van der Waals surface area (Å²) in [5.74, 6) is -0.598. The van der Waals surface area contributed by atoms with E-state index in [-0.39, 0.29) is 6.10 Å².